The van der Waals surface area contributed by atoms with E-state index in [1.54, 1.807) is 0 Å². The maximum atomic E-state index is 10.1. The predicted octanol–water partition coefficient (Wildman–Crippen LogP) is 5.27. The van der Waals surface area contributed by atoms with E-state index in [0.717, 1.165) is 12.3 Å². The van der Waals surface area contributed by atoms with Crippen LogP contribution in [-0.2, 0) is 0 Å². The fraction of sp³-hybridized carbons (Fsp3) is 1.00. The highest BCUT2D eigenvalue weighted by Gasteiger charge is 2.40. The molecule has 0 aliphatic heterocycles. The minimum atomic E-state index is -0.0800. The summed E-state index contributed by atoms with van der Waals surface area (Å²) in [6, 6.07) is 0. The maximum absolute atomic E-state index is 10.1. The summed E-state index contributed by atoms with van der Waals surface area (Å²) in [7, 11) is 0. The minimum Gasteiger partial charge on any atom is -0.393 e. The Morgan fingerprint density at radius 1 is 0.889 bits per heavy atom. The zero-order valence-electron chi connectivity index (χ0n) is 14.0. The lowest BCUT2D eigenvalue weighted by Gasteiger charge is -2.45. The number of aliphatic hydroxyl groups is 1. The number of rotatable bonds is 0. The van der Waals surface area contributed by atoms with Gasteiger partial charge in [0, 0.05) is 0 Å². The number of aliphatic hydroxyl groups excluding tert-OH is 1. The van der Waals surface area contributed by atoms with E-state index < -0.39 is 0 Å². The van der Waals surface area contributed by atoms with Crippen molar-refractivity contribution >= 4 is 0 Å². The molecule has 3 unspecified atom stereocenters. The van der Waals surface area contributed by atoms with Gasteiger partial charge in [-0.1, -0.05) is 61.8 Å². The summed E-state index contributed by atoms with van der Waals surface area (Å²) >= 11 is 0. The highest BCUT2D eigenvalue weighted by molar-refractivity contribution is 4.90. The molecule has 1 aliphatic carbocycles. The third-order valence-corrected chi connectivity index (χ3v) is 4.15. The molecule has 0 aromatic carbocycles. The van der Waals surface area contributed by atoms with Gasteiger partial charge < -0.3 is 5.11 Å². The third kappa shape index (κ3) is 5.73. The van der Waals surface area contributed by atoms with Crippen LogP contribution in [0.2, 0.25) is 0 Å². The second kappa shape index (κ2) is 6.93. The van der Waals surface area contributed by atoms with E-state index in [0.29, 0.717) is 11.3 Å². The quantitative estimate of drug-likeness (QED) is 0.626. The van der Waals surface area contributed by atoms with Crippen LogP contribution in [0.1, 0.15) is 81.1 Å². The Balaban J connectivity index is 0.000000873. The first-order valence-corrected chi connectivity index (χ1v) is 7.72. The summed E-state index contributed by atoms with van der Waals surface area (Å²) < 4.78 is 0. The van der Waals surface area contributed by atoms with Crippen LogP contribution < -0.4 is 0 Å². The normalized spacial score (nSPS) is 29.5. The Morgan fingerprint density at radius 3 is 1.67 bits per heavy atom. The van der Waals surface area contributed by atoms with Gasteiger partial charge in [0.2, 0.25) is 0 Å². The van der Waals surface area contributed by atoms with Crippen molar-refractivity contribution in [2.45, 2.75) is 87.2 Å². The Labute approximate surface area is 115 Å². The minimum absolute atomic E-state index is 0.0800. The van der Waals surface area contributed by atoms with Gasteiger partial charge in [-0.25, -0.2) is 0 Å². The van der Waals surface area contributed by atoms with E-state index in [1.807, 2.05) is 0 Å². The molecule has 0 aromatic heterocycles. The van der Waals surface area contributed by atoms with Crippen molar-refractivity contribution in [3.05, 3.63) is 0 Å². The Hall–Kier alpha value is -0.0400. The van der Waals surface area contributed by atoms with Gasteiger partial charge in [-0.15, -0.1) is 0 Å². The highest BCUT2D eigenvalue weighted by atomic mass is 16.3. The molecule has 0 aromatic rings. The smallest absolute Gasteiger partial charge is 0.0573 e. The van der Waals surface area contributed by atoms with Gasteiger partial charge in [-0.05, 0) is 41.9 Å². The van der Waals surface area contributed by atoms with E-state index in [2.05, 4.69) is 55.4 Å². The van der Waals surface area contributed by atoms with E-state index >= 15 is 0 Å². The first kappa shape index (κ1) is 18.0. The molecule has 0 amide bonds. The summed E-state index contributed by atoms with van der Waals surface area (Å²) in [5.41, 5.74) is 0.632. The molecular weight excluding hydrogens is 220 g/mol. The average molecular weight is 256 g/mol. The molecule has 1 aliphatic rings. The van der Waals surface area contributed by atoms with E-state index in [9.17, 15) is 5.11 Å². The molecule has 1 fully saturated rings. The van der Waals surface area contributed by atoms with Gasteiger partial charge >= 0.3 is 0 Å². The van der Waals surface area contributed by atoms with Crippen molar-refractivity contribution < 1.29 is 5.11 Å². The van der Waals surface area contributed by atoms with Crippen molar-refractivity contribution in [2.75, 3.05) is 0 Å². The Bertz CT molecular complexity index is 219. The molecule has 0 heterocycles. The van der Waals surface area contributed by atoms with Crippen molar-refractivity contribution in [3.63, 3.8) is 0 Å². The van der Waals surface area contributed by atoms with Crippen molar-refractivity contribution in [1.29, 1.82) is 0 Å². The Kier molecular flexibility index (Phi) is 6.92. The molecule has 0 spiro atoms. The second-order valence-electron chi connectivity index (χ2n) is 8.12. The van der Waals surface area contributed by atoms with Gasteiger partial charge in [0.15, 0.2) is 0 Å². The first-order chi connectivity index (χ1) is 8.04. The number of hydrogen-bond acceptors (Lipinski definition) is 1. The molecule has 1 nitrogen and oxygen atoms in total. The summed E-state index contributed by atoms with van der Waals surface area (Å²) in [6.07, 6.45) is 4.54. The molecule has 3 atom stereocenters. The van der Waals surface area contributed by atoms with E-state index in [-0.39, 0.29) is 11.5 Å². The summed E-state index contributed by atoms with van der Waals surface area (Å²) in [5, 5.41) is 10.1. The molecule has 1 rings (SSSR count). The van der Waals surface area contributed by atoms with E-state index in [4.69, 9.17) is 0 Å². The van der Waals surface area contributed by atoms with Crippen molar-refractivity contribution in [2.24, 2.45) is 22.7 Å². The molecule has 1 heteroatoms. The molecule has 0 bridgehead atoms. The fourth-order valence-electron chi connectivity index (χ4n) is 2.87. The average Bonchev–Trinajstić information content (AvgIpc) is 2.15. The lowest BCUT2D eigenvalue weighted by molar-refractivity contribution is -0.0288. The van der Waals surface area contributed by atoms with Crippen LogP contribution in [0.4, 0.5) is 0 Å². The predicted molar refractivity (Wildman–Crippen MR) is 81.7 cm³/mol. The van der Waals surface area contributed by atoms with Crippen LogP contribution in [0.25, 0.3) is 0 Å². The van der Waals surface area contributed by atoms with Gasteiger partial charge in [0.05, 0.1) is 6.10 Å². The van der Waals surface area contributed by atoms with Gasteiger partial charge in [-0.3, -0.25) is 0 Å². The van der Waals surface area contributed by atoms with E-state index in [1.165, 1.54) is 19.3 Å². The largest absolute Gasteiger partial charge is 0.393 e. The third-order valence-electron chi connectivity index (χ3n) is 4.15. The molecule has 1 N–H and O–H groups in total. The zero-order chi connectivity index (χ0) is 14.6. The Morgan fingerprint density at radius 2 is 1.33 bits per heavy atom. The van der Waals surface area contributed by atoms with Crippen LogP contribution in [0, 0.1) is 22.7 Å². The summed E-state index contributed by atoms with van der Waals surface area (Å²) in [5.74, 6) is 1.24. The fourth-order valence-corrected chi connectivity index (χ4v) is 2.87. The van der Waals surface area contributed by atoms with Gasteiger partial charge in [0.25, 0.3) is 0 Å². The summed E-state index contributed by atoms with van der Waals surface area (Å²) in [6.45, 7) is 18.0. The van der Waals surface area contributed by atoms with Gasteiger partial charge in [-0.2, -0.15) is 0 Å². The molecule has 110 valence electrons. The molecule has 18 heavy (non-hydrogen) atoms. The lowest BCUT2D eigenvalue weighted by atomic mass is 9.62. The lowest BCUT2D eigenvalue weighted by Crippen LogP contribution is -2.40. The first-order valence-electron chi connectivity index (χ1n) is 7.72. The highest BCUT2D eigenvalue weighted by Crippen LogP contribution is 2.46. The topological polar surface area (TPSA) is 20.2 Å². The van der Waals surface area contributed by atoms with Crippen molar-refractivity contribution in [3.8, 4) is 0 Å². The SMILES string of the molecule is CC(C)(C)C1CCC(O)C(C(C)(C)C)C1.CCC. The van der Waals surface area contributed by atoms with Crippen LogP contribution in [-0.4, -0.2) is 11.2 Å². The monoisotopic (exact) mass is 256 g/mol. The number of hydrogen-bond donors (Lipinski definition) is 1. The van der Waals surface area contributed by atoms with Crippen molar-refractivity contribution in [1.82, 2.24) is 0 Å². The zero-order valence-corrected chi connectivity index (χ0v) is 14.0. The molecular formula is C17H36O. The van der Waals surface area contributed by atoms with Crippen LogP contribution in [0.5, 0.6) is 0 Å². The standard InChI is InChI=1S/C14H28O.C3H8/c1-13(2,3)10-7-8-12(15)11(9-10)14(4,5)6;1-3-2/h10-12,15H,7-9H2,1-6H3;3H2,1-2H3. The van der Waals surface area contributed by atoms with Crippen LogP contribution in [0.3, 0.4) is 0 Å². The molecule has 1 saturated carbocycles. The van der Waals surface area contributed by atoms with Crippen LogP contribution in [0.15, 0.2) is 0 Å². The van der Waals surface area contributed by atoms with Crippen LogP contribution >= 0.6 is 0 Å². The molecule has 0 radical (unpaired) electrons. The summed E-state index contributed by atoms with van der Waals surface area (Å²) in [4.78, 5) is 0. The second-order valence-corrected chi connectivity index (χ2v) is 8.12. The molecule has 0 saturated heterocycles. The maximum Gasteiger partial charge on any atom is 0.0573 e. The van der Waals surface area contributed by atoms with Gasteiger partial charge in [0.1, 0.15) is 0 Å².